The molecule has 1 aromatic heterocycles. The van der Waals surface area contributed by atoms with Crippen molar-refractivity contribution < 1.29 is 4.42 Å². The molecule has 2 aromatic rings. The van der Waals surface area contributed by atoms with Gasteiger partial charge in [-0.05, 0) is 30.0 Å². The Morgan fingerprint density at radius 3 is 3.16 bits per heavy atom. The normalized spacial score (nSPS) is 17.7. The van der Waals surface area contributed by atoms with Gasteiger partial charge >= 0.3 is 0 Å². The molecule has 1 aliphatic rings. The van der Waals surface area contributed by atoms with Gasteiger partial charge in [0.1, 0.15) is 5.76 Å². The first-order valence-corrected chi connectivity index (χ1v) is 7.51. The fourth-order valence-corrected chi connectivity index (χ4v) is 3.21. The van der Waals surface area contributed by atoms with E-state index in [0.717, 1.165) is 30.9 Å². The Morgan fingerprint density at radius 1 is 1.47 bits per heavy atom. The molecule has 4 heteroatoms. The van der Waals surface area contributed by atoms with Gasteiger partial charge in [0.25, 0.3) is 0 Å². The third-order valence-electron chi connectivity index (χ3n) is 3.66. The summed E-state index contributed by atoms with van der Waals surface area (Å²) in [5.41, 5.74) is 2.83. The quantitative estimate of drug-likeness (QED) is 0.931. The van der Waals surface area contributed by atoms with E-state index in [9.17, 15) is 0 Å². The average Bonchev–Trinajstić information content (AvgIpc) is 3.03. The first kappa shape index (κ1) is 12.9. The summed E-state index contributed by atoms with van der Waals surface area (Å²) in [6.07, 6.45) is 4.97. The van der Waals surface area contributed by atoms with Crippen molar-refractivity contribution in [2.24, 2.45) is 0 Å². The number of halogens is 1. The zero-order valence-corrected chi connectivity index (χ0v) is 12.5. The van der Waals surface area contributed by atoms with E-state index in [4.69, 9.17) is 4.42 Å². The highest BCUT2D eigenvalue weighted by atomic mass is 79.9. The SMILES string of the molecule is CCc1cnc(CNC2CCc3c(Br)cccc32)o1. The molecule has 1 atom stereocenters. The highest BCUT2D eigenvalue weighted by Gasteiger charge is 2.23. The van der Waals surface area contributed by atoms with Crippen LogP contribution in [0.15, 0.2) is 33.3 Å². The largest absolute Gasteiger partial charge is 0.444 e. The molecule has 1 aromatic carbocycles. The summed E-state index contributed by atoms with van der Waals surface area (Å²) in [6, 6.07) is 6.83. The lowest BCUT2D eigenvalue weighted by Crippen LogP contribution is -2.18. The Bertz CT molecular complexity index is 579. The minimum absolute atomic E-state index is 0.407. The standard InChI is InChI=1S/C15H17BrN2O/c1-2-10-8-18-15(19-10)9-17-14-7-6-11-12(14)4-3-5-13(11)16/h3-5,8,14,17H,2,6-7,9H2,1H3. The van der Waals surface area contributed by atoms with Gasteiger partial charge in [0.05, 0.1) is 12.7 Å². The molecule has 1 N–H and O–H groups in total. The third-order valence-corrected chi connectivity index (χ3v) is 4.41. The molecule has 0 saturated carbocycles. The van der Waals surface area contributed by atoms with E-state index in [1.807, 2.05) is 6.20 Å². The summed E-state index contributed by atoms with van der Waals surface area (Å²) in [6.45, 7) is 2.76. The summed E-state index contributed by atoms with van der Waals surface area (Å²) in [7, 11) is 0. The summed E-state index contributed by atoms with van der Waals surface area (Å²) in [5.74, 6) is 1.73. The molecule has 0 fully saturated rings. The summed E-state index contributed by atoms with van der Waals surface area (Å²) < 4.78 is 6.84. The van der Waals surface area contributed by atoms with Gasteiger partial charge in [-0.3, -0.25) is 0 Å². The van der Waals surface area contributed by atoms with Crippen molar-refractivity contribution >= 4 is 15.9 Å². The van der Waals surface area contributed by atoms with Crippen molar-refractivity contribution in [2.45, 2.75) is 38.8 Å². The van der Waals surface area contributed by atoms with Gasteiger partial charge in [-0.15, -0.1) is 0 Å². The number of oxazole rings is 1. The van der Waals surface area contributed by atoms with Crippen molar-refractivity contribution in [3.63, 3.8) is 0 Å². The number of hydrogen-bond acceptors (Lipinski definition) is 3. The van der Waals surface area contributed by atoms with Crippen LogP contribution in [0.3, 0.4) is 0 Å². The molecule has 0 saturated heterocycles. The second-order valence-electron chi connectivity index (χ2n) is 4.85. The molecule has 0 radical (unpaired) electrons. The van der Waals surface area contributed by atoms with Crippen LogP contribution in [-0.2, 0) is 19.4 Å². The molecular formula is C15H17BrN2O. The fraction of sp³-hybridized carbons (Fsp3) is 0.400. The zero-order chi connectivity index (χ0) is 13.2. The molecule has 0 aliphatic heterocycles. The van der Waals surface area contributed by atoms with E-state index >= 15 is 0 Å². The maximum atomic E-state index is 5.62. The van der Waals surface area contributed by atoms with Crippen molar-refractivity contribution in [3.05, 3.63) is 51.6 Å². The molecule has 1 heterocycles. The van der Waals surface area contributed by atoms with Crippen LogP contribution in [0.2, 0.25) is 0 Å². The maximum absolute atomic E-state index is 5.62. The number of aromatic nitrogens is 1. The van der Waals surface area contributed by atoms with Crippen LogP contribution in [0, 0.1) is 0 Å². The fourth-order valence-electron chi connectivity index (χ4n) is 2.63. The molecule has 100 valence electrons. The first-order chi connectivity index (χ1) is 9.28. The highest BCUT2D eigenvalue weighted by molar-refractivity contribution is 9.10. The molecule has 3 nitrogen and oxygen atoms in total. The Balaban J connectivity index is 1.68. The van der Waals surface area contributed by atoms with E-state index in [0.29, 0.717) is 12.6 Å². The van der Waals surface area contributed by atoms with Crippen LogP contribution in [0.4, 0.5) is 0 Å². The van der Waals surface area contributed by atoms with Gasteiger partial charge < -0.3 is 9.73 Å². The van der Waals surface area contributed by atoms with Crippen LogP contribution < -0.4 is 5.32 Å². The predicted molar refractivity (Wildman–Crippen MR) is 77.9 cm³/mol. The lowest BCUT2D eigenvalue weighted by molar-refractivity contribution is 0.416. The van der Waals surface area contributed by atoms with E-state index in [1.54, 1.807) is 0 Å². The van der Waals surface area contributed by atoms with Crippen molar-refractivity contribution in [1.29, 1.82) is 0 Å². The van der Waals surface area contributed by atoms with Gasteiger partial charge in [0.15, 0.2) is 0 Å². The van der Waals surface area contributed by atoms with E-state index in [2.05, 4.69) is 51.4 Å². The number of benzene rings is 1. The van der Waals surface area contributed by atoms with E-state index in [1.165, 1.54) is 15.6 Å². The third kappa shape index (κ3) is 2.60. The number of rotatable bonds is 4. The minimum atomic E-state index is 0.407. The van der Waals surface area contributed by atoms with Crippen LogP contribution >= 0.6 is 15.9 Å². The van der Waals surface area contributed by atoms with Crippen LogP contribution in [-0.4, -0.2) is 4.98 Å². The highest BCUT2D eigenvalue weighted by Crippen LogP contribution is 2.35. The minimum Gasteiger partial charge on any atom is -0.444 e. The Kier molecular flexibility index (Phi) is 3.71. The molecule has 0 bridgehead atoms. The molecule has 0 spiro atoms. The summed E-state index contributed by atoms with van der Waals surface area (Å²) >= 11 is 3.62. The van der Waals surface area contributed by atoms with Crippen LogP contribution in [0.1, 0.15) is 42.2 Å². The Labute approximate surface area is 121 Å². The number of nitrogens with zero attached hydrogens (tertiary/aromatic N) is 1. The monoisotopic (exact) mass is 320 g/mol. The van der Waals surface area contributed by atoms with Gasteiger partial charge in [-0.25, -0.2) is 4.98 Å². The Hall–Kier alpha value is -1.13. The number of aryl methyl sites for hydroxylation is 1. The summed E-state index contributed by atoms with van der Waals surface area (Å²) in [5, 5.41) is 3.54. The van der Waals surface area contributed by atoms with E-state index < -0.39 is 0 Å². The average molecular weight is 321 g/mol. The number of fused-ring (bicyclic) bond motifs is 1. The molecule has 0 amide bonds. The van der Waals surface area contributed by atoms with Gasteiger partial charge in [0.2, 0.25) is 5.89 Å². The Morgan fingerprint density at radius 2 is 2.37 bits per heavy atom. The molecular weight excluding hydrogens is 304 g/mol. The molecule has 19 heavy (non-hydrogen) atoms. The molecule has 1 unspecified atom stereocenters. The number of nitrogens with one attached hydrogen (secondary N) is 1. The lowest BCUT2D eigenvalue weighted by Gasteiger charge is -2.12. The van der Waals surface area contributed by atoms with Gasteiger partial charge in [-0.2, -0.15) is 0 Å². The smallest absolute Gasteiger partial charge is 0.208 e. The van der Waals surface area contributed by atoms with E-state index in [-0.39, 0.29) is 0 Å². The second-order valence-corrected chi connectivity index (χ2v) is 5.71. The van der Waals surface area contributed by atoms with Crippen molar-refractivity contribution in [2.75, 3.05) is 0 Å². The van der Waals surface area contributed by atoms with Gasteiger partial charge in [0, 0.05) is 16.9 Å². The number of hydrogen-bond donors (Lipinski definition) is 1. The maximum Gasteiger partial charge on any atom is 0.208 e. The lowest BCUT2D eigenvalue weighted by atomic mass is 10.1. The molecule has 1 aliphatic carbocycles. The van der Waals surface area contributed by atoms with Crippen molar-refractivity contribution in [1.82, 2.24) is 10.3 Å². The first-order valence-electron chi connectivity index (χ1n) is 6.72. The second kappa shape index (κ2) is 5.47. The van der Waals surface area contributed by atoms with Gasteiger partial charge in [-0.1, -0.05) is 35.0 Å². The van der Waals surface area contributed by atoms with Crippen molar-refractivity contribution in [3.8, 4) is 0 Å². The molecule has 3 rings (SSSR count). The predicted octanol–water partition coefficient (Wildman–Crippen LogP) is 3.78. The zero-order valence-electron chi connectivity index (χ0n) is 10.9. The van der Waals surface area contributed by atoms with Crippen LogP contribution in [0.5, 0.6) is 0 Å². The topological polar surface area (TPSA) is 38.1 Å². The summed E-state index contributed by atoms with van der Waals surface area (Å²) in [4.78, 5) is 4.28. The van der Waals surface area contributed by atoms with Crippen LogP contribution in [0.25, 0.3) is 0 Å².